The Bertz CT molecular complexity index is 112. The summed E-state index contributed by atoms with van der Waals surface area (Å²) in [5, 5.41) is 11.5. The summed E-state index contributed by atoms with van der Waals surface area (Å²) >= 11 is 0. The Morgan fingerprint density at radius 2 is 1.92 bits per heavy atom. The summed E-state index contributed by atoms with van der Waals surface area (Å²) in [7, 11) is 0. The standard InChI is InChI=1S/C9H19F2NO/c1-2-3-4-5-6-12-7-8(13)9(10)11/h8-9,12-13H,2-7H2,1H3. The molecule has 0 amide bonds. The minimum absolute atomic E-state index is 0.0101. The highest BCUT2D eigenvalue weighted by atomic mass is 19.3. The Kier molecular flexibility index (Phi) is 8.24. The van der Waals surface area contributed by atoms with Gasteiger partial charge in [-0.25, -0.2) is 8.78 Å². The molecule has 0 aromatic rings. The van der Waals surface area contributed by atoms with Crippen molar-refractivity contribution in [3.63, 3.8) is 0 Å². The van der Waals surface area contributed by atoms with E-state index in [0.29, 0.717) is 6.54 Å². The average molecular weight is 195 g/mol. The first-order chi connectivity index (χ1) is 6.18. The summed E-state index contributed by atoms with van der Waals surface area (Å²) in [5.74, 6) is 0. The highest BCUT2D eigenvalue weighted by molar-refractivity contribution is 4.61. The van der Waals surface area contributed by atoms with Crippen molar-refractivity contribution in [2.75, 3.05) is 13.1 Å². The second-order valence-electron chi connectivity index (χ2n) is 3.17. The van der Waals surface area contributed by atoms with Crippen LogP contribution in [0.1, 0.15) is 32.6 Å². The summed E-state index contributed by atoms with van der Waals surface area (Å²) in [5.41, 5.74) is 0. The molecule has 0 rings (SSSR count). The lowest BCUT2D eigenvalue weighted by molar-refractivity contribution is -0.00317. The normalized spacial score (nSPS) is 13.6. The van der Waals surface area contributed by atoms with Crippen LogP contribution >= 0.6 is 0 Å². The topological polar surface area (TPSA) is 32.3 Å². The summed E-state index contributed by atoms with van der Waals surface area (Å²) in [6.07, 6.45) is 0.297. The van der Waals surface area contributed by atoms with Crippen molar-refractivity contribution < 1.29 is 13.9 Å². The molecule has 0 saturated heterocycles. The maximum atomic E-state index is 11.8. The molecule has 0 aliphatic carbocycles. The molecule has 0 aliphatic rings. The monoisotopic (exact) mass is 195 g/mol. The van der Waals surface area contributed by atoms with E-state index in [1.165, 1.54) is 12.8 Å². The predicted molar refractivity (Wildman–Crippen MR) is 49.0 cm³/mol. The lowest BCUT2D eigenvalue weighted by Crippen LogP contribution is -2.32. The van der Waals surface area contributed by atoms with Gasteiger partial charge in [-0.2, -0.15) is 0 Å². The third kappa shape index (κ3) is 8.12. The summed E-state index contributed by atoms with van der Waals surface area (Å²) < 4.78 is 23.5. The number of alkyl halides is 2. The fraction of sp³-hybridized carbons (Fsp3) is 1.00. The van der Waals surface area contributed by atoms with E-state index in [2.05, 4.69) is 12.2 Å². The first kappa shape index (κ1) is 12.8. The van der Waals surface area contributed by atoms with Crippen LogP contribution in [0.4, 0.5) is 8.78 Å². The molecule has 0 spiro atoms. The predicted octanol–water partition coefficient (Wildman–Crippen LogP) is 1.78. The molecule has 0 bridgehead atoms. The van der Waals surface area contributed by atoms with Gasteiger partial charge >= 0.3 is 0 Å². The zero-order valence-electron chi connectivity index (χ0n) is 8.10. The van der Waals surface area contributed by atoms with Crippen molar-refractivity contribution in [2.45, 2.75) is 45.1 Å². The van der Waals surface area contributed by atoms with Crippen molar-refractivity contribution >= 4 is 0 Å². The van der Waals surface area contributed by atoms with Crippen molar-refractivity contribution in [1.29, 1.82) is 0 Å². The molecule has 1 unspecified atom stereocenters. The lowest BCUT2D eigenvalue weighted by Gasteiger charge is -2.10. The van der Waals surface area contributed by atoms with Gasteiger partial charge < -0.3 is 10.4 Å². The van der Waals surface area contributed by atoms with Crippen molar-refractivity contribution in [1.82, 2.24) is 5.32 Å². The number of nitrogens with one attached hydrogen (secondary N) is 1. The van der Waals surface area contributed by atoms with Crippen LogP contribution in [0.3, 0.4) is 0 Å². The van der Waals surface area contributed by atoms with Crippen molar-refractivity contribution in [3.05, 3.63) is 0 Å². The van der Waals surface area contributed by atoms with Crippen LogP contribution in [-0.4, -0.2) is 30.7 Å². The van der Waals surface area contributed by atoms with Crippen molar-refractivity contribution in [2.24, 2.45) is 0 Å². The summed E-state index contributed by atoms with van der Waals surface area (Å²) in [6.45, 7) is 2.82. The first-order valence-corrected chi connectivity index (χ1v) is 4.85. The molecule has 1 atom stereocenters. The van der Waals surface area contributed by atoms with Crippen LogP contribution in [0.15, 0.2) is 0 Å². The third-order valence-electron chi connectivity index (χ3n) is 1.85. The minimum atomic E-state index is -2.64. The average Bonchev–Trinajstić information content (AvgIpc) is 2.10. The van der Waals surface area contributed by atoms with Gasteiger partial charge in [-0.05, 0) is 13.0 Å². The van der Waals surface area contributed by atoms with E-state index in [-0.39, 0.29) is 6.54 Å². The largest absolute Gasteiger partial charge is 0.386 e. The molecule has 0 radical (unpaired) electrons. The highest BCUT2D eigenvalue weighted by Gasteiger charge is 2.15. The Morgan fingerprint density at radius 1 is 1.23 bits per heavy atom. The third-order valence-corrected chi connectivity index (χ3v) is 1.85. The van der Waals surface area contributed by atoms with Gasteiger partial charge in [-0.3, -0.25) is 0 Å². The van der Waals surface area contributed by atoms with E-state index in [1.54, 1.807) is 0 Å². The molecule has 80 valence electrons. The maximum Gasteiger partial charge on any atom is 0.265 e. The number of unbranched alkanes of at least 4 members (excludes halogenated alkanes) is 3. The van der Waals surface area contributed by atoms with E-state index in [1.807, 2.05) is 0 Å². The molecule has 2 N–H and O–H groups in total. The molecule has 0 aromatic carbocycles. The number of rotatable bonds is 8. The maximum absolute atomic E-state index is 11.8. The number of aliphatic hydroxyl groups is 1. The second-order valence-corrected chi connectivity index (χ2v) is 3.17. The van der Waals surface area contributed by atoms with E-state index in [9.17, 15) is 8.78 Å². The molecule has 0 aromatic heterocycles. The first-order valence-electron chi connectivity index (χ1n) is 4.85. The Balaban J connectivity index is 3.07. The van der Waals surface area contributed by atoms with E-state index < -0.39 is 12.5 Å². The van der Waals surface area contributed by atoms with Crippen molar-refractivity contribution in [3.8, 4) is 0 Å². The Hall–Kier alpha value is -0.220. The van der Waals surface area contributed by atoms with E-state index in [4.69, 9.17) is 5.11 Å². The van der Waals surface area contributed by atoms with Gasteiger partial charge in [0.25, 0.3) is 6.43 Å². The molecule has 0 saturated carbocycles. The smallest absolute Gasteiger partial charge is 0.265 e. The van der Waals surface area contributed by atoms with Crippen LogP contribution in [0.2, 0.25) is 0 Å². The van der Waals surface area contributed by atoms with Crippen LogP contribution in [0.5, 0.6) is 0 Å². The number of halogens is 2. The fourth-order valence-corrected chi connectivity index (χ4v) is 1.02. The zero-order valence-corrected chi connectivity index (χ0v) is 8.10. The molecule has 0 heterocycles. The lowest BCUT2D eigenvalue weighted by atomic mass is 10.2. The van der Waals surface area contributed by atoms with Crippen LogP contribution in [0, 0.1) is 0 Å². The second kappa shape index (κ2) is 8.38. The van der Waals surface area contributed by atoms with Gasteiger partial charge in [0.15, 0.2) is 0 Å². The van der Waals surface area contributed by atoms with Gasteiger partial charge in [-0.1, -0.05) is 26.2 Å². The van der Waals surface area contributed by atoms with Gasteiger partial charge in [0.2, 0.25) is 0 Å². The van der Waals surface area contributed by atoms with E-state index in [0.717, 1.165) is 12.8 Å². The molecule has 0 fully saturated rings. The number of aliphatic hydroxyl groups excluding tert-OH is 1. The molecule has 13 heavy (non-hydrogen) atoms. The zero-order chi connectivity index (χ0) is 10.1. The highest BCUT2D eigenvalue weighted by Crippen LogP contribution is 1.99. The van der Waals surface area contributed by atoms with Gasteiger partial charge in [0.1, 0.15) is 6.10 Å². The summed E-state index contributed by atoms with van der Waals surface area (Å²) in [4.78, 5) is 0. The van der Waals surface area contributed by atoms with Crippen LogP contribution < -0.4 is 5.32 Å². The number of hydrogen-bond donors (Lipinski definition) is 2. The molecule has 0 aliphatic heterocycles. The molecular formula is C9H19F2NO. The summed E-state index contributed by atoms with van der Waals surface area (Å²) in [6, 6.07) is 0. The van der Waals surface area contributed by atoms with Crippen LogP contribution in [-0.2, 0) is 0 Å². The Labute approximate surface area is 78.3 Å². The van der Waals surface area contributed by atoms with Gasteiger partial charge in [0.05, 0.1) is 0 Å². The van der Waals surface area contributed by atoms with Gasteiger partial charge in [-0.15, -0.1) is 0 Å². The minimum Gasteiger partial charge on any atom is -0.386 e. The quantitative estimate of drug-likeness (QED) is 0.579. The van der Waals surface area contributed by atoms with E-state index >= 15 is 0 Å². The molecule has 4 heteroatoms. The molecular weight excluding hydrogens is 176 g/mol. The Morgan fingerprint density at radius 3 is 2.46 bits per heavy atom. The van der Waals surface area contributed by atoms with Crippen LogP contribution in [0.25, 0.3) is 0 Å². The molecule has 2 nitrogen and oxygen atoms in total. The fourth-order valence-electron chi connectivity index (χ4n) is 1.02. The number of hydrogen-bond acceptors (Lipinski definition) is 2. The van der Waals surface area contributed by atoms with Gasteiger partial charge in [0, 0.05) is 6.54 Å². The SMILES string of the molecule is CCCCCCNCC(O)C(F)F.